The summed E-state index contributed by atoms with van der Waals surface area (Å²) in [7, 11) is 0. The van der Waals surface area contributed by atoms with Crippen molar-refractivity contribution in [3.05, 3.63) is 35.4 Å². The van der Waals surface area contributed by atoms with E-state index in [0.717, 1.165) is 12.8 Å². The van der Waals surface area contributed by atoms with Crippen molar-refractivity contribution in [3.8, 4) is 0 Å². The van der Waals surface area contributed by atoms with Gasteiger partial charge in [-0.25, -0.2) is 0 Å². The first-order chi connectivity index (χ1) is 11.5. The third-order valence-corrected chi connectivity index (χ3v) is 4.72. The van der Waals surface area contributed by atoms with Gasteiger partial charge in [0.1, 0.15) is 0 Å². The van der Waals surface area contributed by atoms with Crippen LogP contribution in [0.1, 0.15) is 57.1 Å². The molecule has 0 N–H and O–H groups in total. The van der Waals surface area contributed by atoms with Crippen molar-refractivity contribution in [1.82, 2.24) is 9.80 Å². The normalized spacial score (nSPS) is 15.0. The Kier molecular flexibility index (Phi) is 6.83. The Morgan fingerprint density at radius 2 is 1.42 bits per heavy atom. The first-order valence-electron chi connectivity index (χ1n) is 9.15. The van der Waals surface area contributed by atoms with Crippen LogP contribution in [0.3, 0.4) is 0 Å². The standard InChI is InChI=1S/C20H30N2O2/c1-4-5-19(23)21-12-14-22(15-13-21)20(24)11-8-17-6-9-18(10-7-17)16(2)3/h6-7,9-10,16H,4-5,8,11-15H2,1-3H3. The molecule has 1 heterocycles. The van der Waals surface area contributed by atoms with E-state index in [1.54, 1.807) is 0 Å². The number of benzene rings is 1. The van der Waals surface area contributed by atoms with Gasteiger partial charge in [-0.05, 0) is 29.9 Å². The van der Waals surface area contributed by atoms with Crippen LogP contribution in [0.5, 0.6) is 0 Å². The van der Waals surface area contributed by atoms with Gasteiger partial charge >= 0.3 is 0 Å². The van der Waals surface area contributed by atoms with E-state index in [0.29, 0.717) is 44.9 Å². The van der Waals surface area contributed by atoms with Crippen molar-refractivity contribution in [2.45, 2.75) is 52.4 Å². The summed E-state index contributed by atoms with van der Waals surface area (Å²) >= 11 is 0. The highest BCUT2D eigenvalue weighted by Gasteiger charge is 2.23. The minimum atomic E-state index is 0.200. The van der Waals surface area contributed by atoms with Gasteiger partial charge in [-0.1, -0.05) is 45.0 Å². The van der Waals surface area contributed by atoms with E-state index < -0.39 is 0 Å². The molecular weight excluding hydrogens is 300 g/mol. The van der Waals surface area contributed by atoms with Crippen molar-refractivity contribution >= 4 is 11.8 Å². The fourth-order valence-corrected chi connectivity index (χ4v) is 3.06. The van der Waals surface area contributed by atoms with E-state index >= 15 is 0 Å². The lowest BCUT2D eigenvalue weighted by Gasteiger charge is -2.35. The van der Waals surface area contributed by atoms with Crippen LogP contribution in [0.4, 0.5) is 0 Å². The Hall–Kier alpha value is -1.84. The Morgan fingerprint density at radius 1 is 0.917 bits per heavy atom. The molecule has 1 saturated heterocycles. The van der Waals surface area contributed by atoms with Gasteiger partial charge in [0, 0.05) is 39.0 Å². The monoisotopic (exact) mass is 330 g/mol. The number of nitrogens with zero attached hydrogens (tertiary/aromatic N) is 2. The highest BCUT2D eigenvalue weighted by molar-refractivity contribution is 5.78. The lowest BCUT2D eigenvalue weighted by Crippen LogP contribution is -2.50. The lowest BCUT2D eigenvalue weighted by atomic mass is 10.00. The molecule has 0 aliphatic carbocycles. The van der Waals surface area contributed by atoms with Gasteiger partial charge in [0.2, 0.25) is 11.8 Å². The Labute approximate surface area is 145 Å². The third kappa shape index (κ3) is 5.08. The summed E-state index contributed by atoms with van der Waals surface area (Å²) in [5.74, 6) is 0.952. The molecule has 1 fully saturated rings. The van der Waals surface area contributed by atoms with Crippen LogP contribution in [0.15, 0.2) is 24.3 Å². The van der Waals surface area contributed by atoms with Crippen LogP contribution < -0.4 is 0 Å². The van der Waals surface area contributed by atoms with E-state index in [1.165, 1.54) is 11.1 Å². The molecule has 0 saturated carbocycles. The maximum atomic E-state index is 12.4. The Morgan fingerprint density at radius 3 is 1.88 bits per heavy atom. The predicted molar refractivity (Wildman–Crippen MR) is 96.9 cm³/mol. The fraction of sp³-hybridized carbons (Fsp3) is 0.600. The van der Waals surface area contributed by atoms with Crippen LogP contribution in [-0.2, 0) is 16.0 Å². The molecule has 0 unspecified atom stereocenters. The number of aryl methyl sites for hydroxylation is 1. The van der Waals surface area contributed by atoms with Crippen molar-refractivity contribution in [2.75, 3.05) is 26.2 Å². The minimum absolute atomic E-state index is 0.200. The molecule has 1 aromatic carbocycles. The molecule has 1 aromatic rings. The zero-order valence-corrected chi connectivity index (χ0v) is 15.3. The summed E-state index contributed by atoms with van der Waals surface area (Å²) in [5, 5.41) is 0. The highest BCUT2D eigenvalue weighted by atomic mass is 16.2. The maximum Gasteiger partial charge on any atom is 0.223 e. The SMILES string of the molecule is CCCC(=O)N1CCN(C(=O)CCc2ccc(C(C)C)cc2)CC1. The van der Waals surface area contributed by atoms with Gasteiger partial charge in [-0.2, -0.15) is 0 Å². The average molecular weight is 330 g/mol. The second-order valence-corrected chi connectivity index (χ2v) is 6.91. The van der Waals surface area contributed by atoms with Crippen LogP contribution in [0.2, 0.25) is 0 Å². The summed E-state index contributed by atoms with van der Waals surface area (Å²) in [6.07, 6.45) is 2.82. The van der Waals surface area contributed by atoms with E-state index in [-0.39, 0.29) is 11.8 Å². The molecule has 4 heteroatoms. The molecule has 0 aromatic heterocycles. The van der Waals surface area contributed by atoms with Crippen molar-refractivity contribution < 1.29 is 9.59 Å². The van der Waals surface area contributed by atoms with Crippen LogP contribution in [-0.4, -0.2) is 47.8 Å². The molecule has 2 amide bonds. The molecule has 1 aliphatic rings. The number of carbonyl (C=O) groups is 2. The van der Waals surface area contributed by atoms with Crippen LogP contribution in [0.25, 0.3) is 0 Å². The van der Waals surface area contributed by atoms with Gasteiger partial charge in [-0.15, -0.1) is 0 Å². The summed E-state index contributed by atoms with van der Waals surface area (Å²) in [6, 6.07) is 8.57. The average Bonchev–Trinajstić information content (AvgIpc) is 2.60. The Balaban J connectivity index is 1.76. The predicted octanol–water partition coefficient (Wildman–Crippen LogP) is 3.21. The highest BCUT2D eigenvalue weighted by Crippen LogP contribution is 2.16. The van der Waals surface area contributed by atoms with Crippen LogP contribution in [0, 0.1) is 0 Å². The molecule has 1 aliphatic heterocycles. The zero-order valence-electron chi connectivity index (χ0n) is 15.3. The molecule has 0 radical (unpaired) electrons. The number of rotatable bonds is 6. The zero-order chi connectivity index (χ0) is 17.5. The number of carbonyl (C=O) groups excluding carboxylic acids is 2. The number of piperazine rings is 1. The summed E-state index contributed by atoms with van der Waals surface area (Å²) < 4.78 is 0. The molecule has 24 heavy (non-hydrogen) atoms. The van der Waals surface area contributed by atoms with Crippen molar-refractivity contribution in [2.24, 2.45) is 0 Å². The largest absolute Gasteiger partial charge is 0.339 e. The maximum absolute atomic E-state index is 12.4. The summed E-state index contributed by atoms with van der Waals surface area (Å²) in [4.78, 5) is 28.0. The summed E-state index contributed by atoms with van der Waals surface area (Å²) in [6.45, 7) is 9.07. The van der Waals surface area contributed by atoms with Gasteiger partial charge in [0.05, 0.1) is 0 Å². The van der Waals surface area contributed by atoms with Gasteiger partial charge in [0.15, 0.2) is 0 Å². The van der Waals surface area contributed by atoms with Gasteiger partial charge in [0.25, 0.3) is 0 Å². The number of hydrogen-bond donors (Lipinski definition) is 0. The minimum Gasteiger partial charge on any atom is -0.339 e. The molecule has 132 valence electrons. The second kappa shape index (κ2) is 8.86. The quantitative estimate of drug-likeness (QED) is 0.803. The smallest absolute Gasteiger partial charge is 0.223 e. The third-order valence-electron chi connectivity index (χ3n) is 4.72. The molecule has 0 bridgehead atoms. The first kappa shape index (κ1) is 18.5. The second-order valence-electron chi connectivity index (χ2n) is 6.91. The molecule has 0 atom stereocenters. The molecule has 2 rings (SSSR count). The number of amides is 2. The van der Waals surface area contributed by atoms with E-state index in [4.69, 9.17) is 0 Å². The van der Waals surface area contributed by atoms with Crippen LogP contribution >= 0.6 is 0 Å². The van der Waals surface area contributed by atoms with Crippen molar-refractivity contribution in [1.29, 1.82) is 0 Å². The molecule has 4 nitrogen and oxygen atoms in total. The molecule has 0 spiro atoms. The van der Waals surface area contributed by atoms with Crippen molar-refractivity contribution in [3.63, 3.8) is 0 Å². The van der Waals surface area contributed by atoms with E-state index in [2.05, 4.69) is 38.1 Å². The Bertz CT molecular complexity index is 543. The van der Waals surface area contributed by atoms with Gasteiger partial charge in [-0.3, -0.25) is 9.59 Å². The summed E-state index contributed by atoms with van der Waals surface area (Å²) in [5.41, 5.74) is 2.54. The first-order valence-corrected chi connectivity index (χ1v) is 9.15. The van der Waals surface area contributed by atoms with E-state index in [9.17, 15) is 9.59 Å². The van der Waals surface area contributed by atoms with E-state index in [1.807, 2.05) is 16.7 Å². The molecular formula is C20H30N2O2. The lowest BCUT2D eigenvalue weighted by molar-refractivity contribution is -0.139. The fourth-order valence-electron chi connectivity index (χ4n) is 3.06. The number of hydrogen-bond acceptors (Lipinski definition) is 2. The van der Waals surface area contributed by atoms with Gasteiger partial charge < -0.3 is 9.80 Å². The topological polar surface area (TPSA) is 40.6 Å².